The molecule has 2 aliphatic rings. The molecule has 164 valence electrons. The van der Waals surface area contributed by atoms with E-state index in [1.807, 2.05) is 50.2 Å². The van der Waals surface area contributed by atoms with Gasteiger partial charge in [-0.1, -0.05) is 12.1 Å². The van der Waals surface area contributed by atoms with Crippen molar-refractivity contribution in [3.8, 4) is 23.1 Å². The third kappa shape index (κ3) is 3.91. The number of aromatic nitrogens is 1. The molecule has 0 unspecified atom stereocenters. The van der Waals surface area contributed by atoms with Gasteiger partial charge in [-0.25, -0.2) is 4.79 Å². The van der Waals surface area contributed by atoms with E-state index in [-0.39, 0.29) is 12.1 Å². The van der Waals surface area contributed by atoms with Crippen LogP contribution < -0.4 is 15.4 Å². The number of nitriles is 1. The number of ether oxygens (including phenoxy) is 1. The molecular weight excluding hydrogens is 400 g/mol. The van der Waals surface area contributed by atoms with E-state index in [1.165, 1.54) is 6.42 Å². The number of nitrogens with one attached hydrogen (secondary N) is 2. The number of carbonyl (C=O) groups excluding carboxylic acids is 1. The normalized spacial score (nSPS) is 15.9. The molecule has 1 aromatic heterocycles. The molecule has 6 nitrogen and oxygen atoms in total. The van der Waals surface area contributed by atoms with Crippen LogP contribution in [0.5, 0.6) is 5.75 Å². The van der Waals surface area contributed by atoms with Crippen molar-refractivity contribution in [3.05, 3.63) is 48.0 Å². The highest BCUT2D eigenvalue weighted by Gasteiger charge is 2.29. The van der Waals surface area contributed by atoms with Crippen LogP contribution in [-0.2, 0) is 0 Å². The van der Waals surface area contributed by atoms with E-state index >= 15 is 0 Å². The molecule has 2 saturated carbocycles. The van der Waals surface area contributed by atoms with E-state index in [0.29, 0.717) is 17.7 Å². The number of amides is 2. The summed E-state index contributed by atoms with van der Waals surface area (Å²) < 4.78 is 8.38. The van der Waals surface area contributed by atoms with Crippen LogP contribution in [0.25, 0.3) is 22.2 Å². The monoisotopic (exact) mass is 428 g/mol. The summed E-state index contributed by atoms with van der Waals surface area (Å²) in [6.45, 7) is 3.85. The molecule has 32 heavy (non-hydrogen) atoms. The van der Waals surface area contributed by atoms with Gasteiger partial charge in [-0.3, -0.25) is 0 Å². The fraction of sp³-hybridized carbons (Fsp3) is 0.385. The zero-order valence-corrected chi connectivity index (χ0v) is 18.5. The summed E-state index contributed by atoms with van der Waals surface area (Å²) in [5.41, 5.74) is 4.41. The van der Waals surface area contributed by atoms with Crippen molar-refractivity contribution < 1.29 is 9.53 Å². The third-order valence-corrected chi connectivity index (χ3v) is 6.19. The molecule has 2 fully saturated rings. The molecule has 2 aliphatic carbocycles. The maximum absolute atomic E-state index is 12.0. The SMILES string of the molecule is CC(C)NC(=O)Nc1ccc(-c2c(C#N)c3ccc(OC4CC4)cc3n2C2CCC2)cc1. The van der Waals surface area contributed by atoms with E-state index in [4.69, 9.17) is 4.74 Å². The Hall–Kier alpha value is -3.46. The lowest BCUT2D eigenvalue weighted by Crippen LogP contribution is -2.34. The highest BCUT2D eigenvalue weighted by atomic mass is 16.5. The van der Waals surface area contributed by atoms with Crippen molar-refractivity contribution in [3.63, 3.8) is 0 Å². The Labute approximate surface area is 188 Å². The standard InChI is InChI=1S/C26H28N4O2/c1-16(2)28-26(31)29-18-8-6-17(7-9-18)25-23(15-27)22-13-12-21(32-20-10-11-20)14-24(22)30(25)19-4-3-5-19/h6-9,12-14,16,19-20H,3-5,10-11H2,1-2H3,(H2,28,29,31). The first-order valence-electron chi connectivity index (χ1n) is 11.5. The maximum Gasteiger partial charge on any atom is 0.319 e. The van der Waals surface area contributed by atoms with E-state index in [2.05, 4.69) is 27.3 Å². The predicted octanol–water partition coefficient (Wildman–Crippen LogP) is 5.98. The summed E-state index contributed by atoms with van der Waals surface area (Å²) >= 11 is 0. The van der Waals surface area contributed by atoms with Gasteiger partial charge in [0.2, 0.25) is 0 Å². The Morgan fingerprint density at radius 2 is 1.88 bits per heavy atom. The molecule has 0 saturated heterocycles. The van der Waals surface area contributed by atoms with E-state index in [9.17, 15) is 10.1 Å². The van der Waals surface area contributed by atoms with Crippen LogP contribution in [0.3, 0.4) is 0 Å². The van der Waals surface area contributed by atoms with Gasteiger partial charge >= 0.3 is 6.03 Å². The van der Waals surface area contributed by atoms with Gasteiger partial charge in [0.25, 0.3) is 0 Å². The van der Waals surface area contributed by atoms with Crippen molar-refractivity contribution in [1.82, 2.24) is 9.88 Å². The molecule has 0 bridgehead atoms. The van der Waals surface area contributed by atoms with E-state index in [1.54, 1.807) is 0 Å². The minimum Gasteiger partial charge on any atom is -0.490 e. The molecule has 3 aromatic rings. The van der Waals surface area contributed by atoms with E-state index < -0.39 is 0 Å². The van der Waals surface area contributed by atoms with Gasteiger partial charge in [0, 0.05) is 29.2 Å². The first-order valence-corrected chi connectivity index (χ1v) is 11.5. The average Bonchev–Trinajstić information content (AvgIpc) is 3.48. The Bertz CT molecular complexity index is 1200. The van der Waals surface area contributed by atoms with Crippen LogP contribution in [0.1, 0.15) is 57.6 Å². The number of fused-ring (bicyclic) bond motifs is 1. The predicted molar refractivity (Wildman–Crippen MR) is 126 cm³/mol. The fourth-order valence-corrected chi connectivity index (χ4v) is 4.30. The van der Waals surface area contributed by atoms with Gasteiger partial charge in [-0.15, -0.1) is 0 Å². The fourth-order valence-electron chi connectivity index (χ4n) is 4.30. The molecular formula is C26H28N4O2. The third-order valence-electron chi connectivity index (χ3n) is 6.19. The molecule has 0 atom stereocenters. The molecule has 6 heteroatoms. The summed E-state index contributed by atoms with van der Waals surface area (Å²) in [6.07, 6.45) is 6.01. The van der Waals surface area contributed by atoms with Crippen LogP contribution in [0, 0.1) is 11.3 Å². The van der Waals surface area contributed by atoms with Crippen molar-refractivity contribution in [2.24, 2.45) is 0 Å². The molecule has 0 radical (unpaired) electrons. The number of rotatable bonds is 6. The van der Waals surface area contributed by atoms with Crippen molar-refractivity contribution in [2.75, 3.05) is 5.32 Å². The smallest absolute Gasteiger partial charge is 0.319 e. The largest absolute Gasteiger partial charge is 0.490 e. The lowest BCUT2D eigenvalue weighted by molar-refractivity contribution is 0.250. The number of hydrogen-bond donors (Lipinski definition) is 2. The van der Waals surface area contributed by atoms with Crippen molar-refractivity contribution in [1.29, 1.82) is 5.26 Å². The Morgan fingerprint density at radius 3 is 2.47 bits per heavy atom. The number of anilines is 1. The lowest BCUT2D eigenvalue weighted by atomic mass is 9.92. The lowest BCUT2D eigenvalue weighted by Gasteiger charge is -2.30. The zero-order valence-electron chi connectivity index (χ0n) is 18.5. The van der Waals surface area contributed by atoms with Crippen molar-refractivity contribution in [2.45, 2.75) is 64.1 Å². The minimum absolute atomic E-state index is 0.0689. The topological polar surface area (TPSA) is 79.1 Å². The number of carbonyl (C=O) groups is 1. The summed E-state index contributed by atoms with van der Waals surface area (Å²) in [5.74, 6) is 0.879. The summed E-state index contributed by atoms with van der Waals surface area (Å²) in [4.78, 5) is 12.0. The second-order valence-corrected chi connectivity index (χ2v) is 9.12. The number of urea groups is 1. The van der Waals surface area contributed by atoms with Gasteiger partial charge in [0.15, 0.2) is 0 Å². The summed E-state index contributed by atoms with van der Waals surface area (Å²) in [6, 6.07) is 16.5. The highest BCUT2D eigenvalue weighted by Crippen LogP contribution is 2.43. The van der Waals surface area contributed by atoms with Crippen LogP contribution in [0.2, 0.25) is 0 Å². The second kappa shape index (κ2) is 8.23. The van der Waals surface area contributed by atoms with Gasteiger partial charge in [0.05, 0.1) is 22.9 Å². The maximum atomic E-state index is 12.0. The number of benzene rings is 2. The van der Waals surface area contributed by atoms with Crippen LogP contribution in [0.15, 0.2) is 42.5 Å². The summed E-state index contributed by atoms with van der Waals surface area (Å²) in [7, 11) is 0. The first-order chi connectivity index (χ1) is 15.5. The molecule has 2 amide bonds. The van der Waals surface area contributed by atoms with Gasteiger partial charge in [-0.2, -0.15) is 5.26 Å². The van der Waals surface area contributed by atoms with Crippen LogP contribution in [-0.4, -0.2) is 22.7 Å². The quantitative estimate of drug-likeness (QED) is 0.507. The van der Waals surface area contributed by atoms with Crippen molar-refractivity contribution >= 4 is 22.6 Å². The summed E-state index contributed by atoms with van der Waals surface area (Å²) in [5, 5.41) is 16.7. The van der Waals surface area contributed by atoms with Crippen LogP contribution >= 0.6 is 0 Å². The Kier molecular flexibility index (Phi) is 5.26. The molecule has 1 heterocycles. The van der Waals surface area contributed by atoms with Gasteiger partial charge in [0.1, 0.15) is 11.8 Å². The Morgan fingerprint density at radius 1 is 1.12 bits per heavy atom. The molecule has 5 rings (SSSR count). The van der Waals surface area contributed by atoms with Crippen LogP contribution in [0.4, 0.5) is 10.5 Å². The Balaban J connectivity index is 1.55. The number of hydrogen-bond acceptors (Lipinski definition) is 3. The average molecular weight is 429 g/mol. The zero-order chi connectivity index (χ0) is 22.2. The number of nitrogens with zero attached hydrogens (tertiary/aromatic N) is 2. The molecule has 0 aliphatic heterocycles. The van der Waals surface area contributed by atoms with Gasteiger partial charge in [-0.05, 0) is 75.8 Å². The first kappa shape index (κ1) is 20.4. The molecule has 2 aromatic carbocycles. The minimum atomic E-state index is -0.225. The van der Waals surface area contributed by atoms with Gasteiger partial charge < -0.3 is 19.9 Å². The molecule has 2 N–H and O–H groups in total. The highest BCUT2D eigenvalue weighted by molar-refractivity contribution is 5.96. The van der Waals surface area contributed by atoms with E-state index in [0.717, 1.165) is 59.3 Å². The molecule has 0 spiro atoms. The second-order valence-electron chi connectivity index (χ2n) is 9.12.